The van der Waals surface area contributed by atoms with Gasteiger partial charge in [0.25, 0.3) is 0 Å². The summed E-state index contributed by atoms with van der Waals surface area (Å²) in [5.74, 6) is 0.756. The van der Waals surface area contributed by atoms with Crippen molar-refractivity contribution >= 4 is 8.07 Å². The number of hydrogen-bond acceptors (Lipinski definition) is 2. The van der Waals surface area contributed by atoms with Crippen LogP contribution in [0, 0.1) is 0 Å². The topological polar surface area (TPSA) is 38.4 Å². The van der Waals surface area contributed by atoms with Gasteiger partial charge in [-0.2, -0.15) is 5.11 Å². The third-order valence-corrected chi connectivity index (χ3v) is 5.23. The van der Waals surface area contributed by atoms with Crippen molar-refractivity contribution in [3.8, 4) is 5.75 Å². The van der Waals surface area contributed by atoms with E-state index in [1.807, 2.05) is 42.5 Å². The van der Waals surface area contributed by atoms with Crippen molar-refractivity contribution in [2.24, 2.45) is 0 Å². The molecule has 1 atom stereocenters. The summed E-state index contributed by atoms with van der Waals surface area (Å²) >= 11 is 0. The molecule has 4 heteroatoms. The van der Waals surface area contributed by atoms with Crippen molar-refractivity contribution in [1.82, 2.24) is 0 Å². The van der Waals surface area contributed by atoms with Gasteiger partial charge in [-0.1, -0.05) is 62.1 Å². The van der Waals surface area contributed by atoms with Crippen molar-refractivity contribution in [2.75, 3.05) is 6.61 Å². The van der Waals surface area contributed by atoms with E-state index in [-0.39, 0.29) is 0 Å². The zero-order valence-electron chi connectivity index (χ0n) is 14.1. The Balaban J connectivity index is 1.81. The van der Waals surface area contributed by atoms with Crippen molar-refractivity contribution < 1.29 is 14.6 Å². The third kappa shape index (κ3) is 6.56. The fourth-order valence-corrected chi connectivity index (χ4v) is 2.76. The predicted molar refractivity (Wildman–Crippen MR) is 94.7 cm³/mol. The Morgan fingerprint density at radius 3 is 2.22 bits per heavy atom. The molecule has 2 aromatic carbocycles. The molecule has 0 aliphatic carbocycles. The van der Waals surface area contributed by atoms with E-state index in [0.717, 1.165) is 17.4 Å². The standard InChI is InChI=1S/C19H25O3Si/c1-23(2,3)14-13-21-19(20)17-9-11-18(12-10-17)22-15-16-7-5-4-6-8-16/h4-12,19H,13-15H2,1-3H3. The van der Waals surface area contributed by atoms with Gasteiger partial charge in [0.15, 0.2) is 0 Å². The van der Waals surface area contributed by atoms with Crippen LogP contribution in [0.25, 0.3) is 0 Å². The summed E-state index contributed by atoms with van der Waals surface area (Å²) < 4.78 is 11.1. The van der Waals surface area contributed by atoms with Gasteiger partial charge in [0, 0.05) is 20.2 Å². The first-order valence-corrected chi connectivity index (χ1v) is 11.7. The lowest BCUT2D eigenvalue weighted by molar-refractivity contribution is -0.140. The van der Waals surface area contributed by atoms with Crippen LogP contribution in [0.15, 0.2) is 54.6 Å². The average molecular weight is 329 g/mol. The molecule has 0 fully saturated rings. The molecule has 0 saturated carbocycles. The van der Waals surface area contributed by atoms with Crippen LogP contribution in [0.1, 0.15) is 17.4 Å². The lowest BCUT2D eigenvalue weighted by atomic mass is 10.2. The normalized spacial score (nSPS) is 12.9. The highest BCUT2D eigenvalue weighted by molar-refractivity contribution is 6.76. The SMILES string of the molecule is C[Si](C)(C)CCOC([O])c1ccc(OCc2ccccc2)cc1. The fourth-order valence-electron chi connectivity index (χ4n) is 2.03. The molecule has 0 N–H and O–H groups in total. The second kappa shape index (κ2) is 8.29. The molecular weight excluding hydrogens is 304 g/mol. The lowest BCUT2D eigenvalue weighted by Crippen LogP contribution is -2.22. The molecule has 0 heterocycles. The molecule has 0 aliphatic rings. The van der Waals surface area contributed by atoms with E-state index in [1.165, 1.54) is 0 Å². The van der Waals surface area contributed by atoms with Gasteiger partial charge in [-0.25, -0.2) is 0 Å². The Kier molecular flexibility index (Phi) is 6.39. The number of ether oxygens (including phenoxy) is 2. The first-order valence-electron chi connectivity index (χ1n) is 7.98. The van der Waals surface area contributed by atoms with Crippen LogP contribution in [0.5, 0.6) is 5.75 Å². The van der Waals surface area contributed by atoms with Gasteiger partial charge >= 0.3 is 0 Å². The van der Waals surface area contributed by atoms with Gasteiger partial charge in [0.2, 0.25) is 6.29 Å². The summed E-state index contributed by atoms with van der Waals surface area (Å²) in [6, 6.07) is 18.2. The highest BCUT2D eigenvalue weighted by Crippen LogP contribution is 2.21. The molecule has 0 amide bonds. The molecule has 0 bridgehead atoms. The molecule has 0 aliphatic heterocycles. The van der Waals surface area contributed by atoms with Gasteiger partial charge in [0.1, 0.15) is 12.4 Å². The molecule has 2 aromatic rings. The maximum atomic E-state index is 12.1. The summed E-state index contributed by atoms with van der Waals surface area (Å²) in [7, 11) is -1.16. The molecule has 2 rings (SSSR count). The van der Waals surface area contributed by atoms with Gasteiger partial charge in [-0.15, -0.1) is 0 Å². The number of benzene rings is 2. The summed E-state index contributed by atoms with van der Waals surface area (Å²) in [6.07, 6.45) is -1.12. The maximum Gasteiger partial charge on any atom is 0.217 e. The first-order chi connectivity index (χ1) is 10.9. The van der Waals surface area contributed by atoms with E-state index >= 15 is 0 Å². The van der Waals surface area contributed by atoms with Crippen LogP contribution in [0.2, 0.25) is 25.7 Å². The van der Waals surface area contributed by atoms with Gasteiger partial charge in [-0.3, -0.25) is 0 Å². The molecule has 123 valence electrons. The highest BCUT2D eigenvalue weighted by atomic mass is 28.3. The molecule has 0 saturated heterocycles. The predicted octanol–water partition coefficient (Wildman–Crippen LogP) is 5.05. The molecular formula is C19H25O3Si. The van der Waals surface area contributed by atoms with E-state index < -0.39 is 14.4 Å². The lowest BCUT2D eigenvalue weighted by Gasteiger charge is -2.17. The Bertz CT molecular complexity index is 576. The third-order valence-electron chi connectivity index (χ3n) is 3.52. The van der Waals surface area contributed by atoms with Crippen molar-refractivity contribution in [3.05, 3.63) is 65.7 Å². The second-order valence-corrected chi connectivity index (χ2v) is 12.5. The van der Waals surface area contributed by atoms with E-state index in [2.05, 4.69) is 19.6 Å². The maximum absolute atomic E-state index is 12.1. The molecule has 0 spiro atoms. The molecule has 3 nitrogen and oxygen atoms in total. The quantitative estimate of drug-likeness (QED) is 0.502. The van der Waals surface area contributed by atoms with E-state index in [0.29, 0.717) is 18.8 Å². The molecule has 23 heavy (non-hydrogen) atoms. The highest BCUT2D eigenvalue weighted by Gasteiger charge is 2.15. The van der Waals surface area contributed by atoms with Gasteiger partial charge in [0.05, 0.1) is 0 Å². The largest absolute Gasteiger partial charge is 0.489 e. The second-order valence-electron chi connectivity index (χ2n) is 6.86. The Labute approximate surface area is 139 Å². The number of rotatable bonds is 8. The molecule has 1 radical (unpaired) electrons. The van der Waals surface area contributed by atoms with E-state index in [4.69, 9.17) is 9.47 Å². The minimum absolute atomic E-state index is 0.522. The Hall–Kier alpha value is -1.62. The van der Waals surface area contributed by atoms with Crippen LogP contribution in [0.3, 0.4) is 0 Å². The van der Waals surface area contributed by atoms with Crippen LogP contribution in [-0.2, 0) is 16.5 Å². The Morgan fingerprint density at radius 2 is 1.61 bits per heavy atom. The van der Waals surface area contributed by atoms with Crippen LogP contribution < -0.4 is 4.74 Å². The van der Waals surface area contributed by atoms with Crippen LogP contribution in [-0.4, -0.2) is 14.7 Å². The Morgan fingerprint density at radius 1 is 0.957 bits per heavy atom. The van der Waals surface area contributed by atoms with E-state index in [9.17, 15) is 5.11 Å². The summed E-state index contributed by atoms with van der Waals surface area (Å²) in [6.45, 7) is 7.88. The minimum Gasteiger partial charge on any atom is -0.489 e. The fraction of sp³-hybridized carbons (Fsp3) is 0.368. The first kappa shape index (κ1) is 17.7. The van der Waals surface area contributed by atoms with Crippen molar-refractivity contribution in [3.63, 3.8) is 0 Å². The minimum atomic E-state index is -1.16. The van der Waals surface area contributed by atoms with Gasteiger partial charge in [-0.05, 0) is 23.7 Å². The van der Waals surface area contributed by atoms with Crippen molar-refractivity contribution in [1.29, 1.82) is 0 Å². The van der Waals surface area contributed by atoms with E-state index in [1.54, 1.807) is 12.1 Å². The monoisotopic (exact) mass is 329 g/mol. The smallest absolute Gasteiger partial charge is 0.217 e. The molecule has 1 unspecified atom stereocenters. The summed E-state index contributed by atoms with van der Waals surface area (Å²) in [4.78, 5) is 0. The zero-order valence-corrected chi connectivity index (χ0v) is 15.1. The zero-order chi connectivity index (χ0) is 16.7. The van der Waals surface area contributed by atoms with Crippen LogP contribution >= 0.6 is 0 Å². The summed E-state index contributed by atoms with van der Waals surface area (Å²) in [5, 5.41) is 12.1. The summed E-state index contributed by atoms with van der Waals surface area (Å²) in [5.41, 5.74) is 1.76. The van der Waals surface area contributed by atoms with Gasteiger partial charge < -0.3 is 9.47 Å². The van der Waals surface area contributed by atoms with Crippen molar-refractivity contribution in [2.45, 2.75) is 38.6 Å². The van der Waals surface area contributed by atoms with Crippen LogP contribution in [0.4, 0.5) is 0 Å². The molecule has 0 aromatic heterocycles. The average Bonchev–Trinajstić information content (AvgIpc) is 2.53. The number of hydrogen-bond donors (Lipinski definition) is 0.